The summed E-state index contributed by atoms with van der Waals surface area (Å²) in [7, 11) is 0. The molecule has 1 heterocycles. The van der Waals surface area contributed by atoms with Gasteiger partial charge in [-0.25, -0.2) is 4.39 Å². The third kappa shape index (κ3) is 6.28. The Hall–Kier alpha value is -2.44. The number of fused-ring (bicyclic) bond motifs is 1. The van der Waals surface area contributed by atoms with Gasteiger partial charge in [-0.2, -0.15) is 0 Å². The first-order chi connectivity index (χ1) is 14.6. The van der Waals surface area contributed by atoms with Crippen molar-refractivity contribution in [2.24, 2.45) is 0 Å². The second-order valence-electron chi connectivity index (χ2n) is 9.31. The van der Waals surface area contributed by atoms with E-state index in [2.05, 4.69) is 43.5 Å². The maximum atomic E-state index is 13.6. The quantitative estimate of drug-likeness (QED) is 0.630. The molecule has 2 aromatic carbocycles. The zero-order valence-electron chi connectivity index (χ0n) is 18.7. The van der Waals surface area contributed by atoms with Gasteiger partial charge in [0.2, 0.25) is 5.91 Å². The fourth-order valence-electron chi connectivity index (χ4n) is 3.94. The fraction of sp³-hybridized carbons (Fsp3) is 0.480. The van der Waals surface area contributed by atoms with Gasteiger partial charge in [0.1, 0.15) is 11.6 Å². The number of carbonyl (C=O) groups excluding carboxylic acids is 1. The fourth-order valence-corrected chi connectivity index (χ4v) is 3.94. The molecule has 6 heteroatoms. The highest BCUT2D eigenvalue weighted by Crippen LogP contribution is 2.35. The molecule has 1 aliphatic heterocycles. The second-order valence-corrected chi connectivity index (χ2v) is 9.31. The van der Waals surface area contributed by atoms with Crippen LogP contribution in [0.3, 0.4) is 0 Å². The van der Waals surface area contributed by atoms with Gasteiger partial charge in [0.25, 0.3) is 0 Å². The number of rotatable bonds is 7. The Morgan fingerprint density at radius 3 is 2.71 bits per heavy atom. The summed E-state index contributed by atoms with van der Waals surface area (Å²) < 4.78 is 19.4. The summed E-state index contributed by atoms with van der Waals surface area (Å²) in [6.07, 6.45) is 0.310. The minimum Gasteiger partial charge on any atom is -0.493 e. The highest BCUT2D eigenvalue weighted by Gasteiger charge is 2.27. The van der Waals surface area contributed by atoms with Crippen molar-refractivity contribution in [3.8, 4) is 5.75 Å². The summed E-state index contributed by atoms with van der Waals surface area (Å²) >= 11 is 0. The smallest absolute Gasteiger partial charge is 0.217 e. The van der Waals surface area contributed by atoms with Crippen molar-refractivity contribution in [1.29, 1.82) is 0 Å². The van der Waals surface area contributed by atoms with Crippen molar-refractivity contribution >= 4 is 5.91 Å². The number of hydrogen-bond acceptors (Lipinski definition) is 4. The number of amides is 1. The molecule has 5 nitrogen and oxygen atoms in total. The van der Waals surface area contributed by atoms with Crippen LogP contribution in [0.1, 0.15) is 56.8 Å². The predicted octanol–water partition coefficient (Wildman–Crippen LogP) is 3.64. The molecular weight excluding hydrogens is 395 g/mol. The van der Waals surface area contributed by atoms with Gasteiger partial charge in [0.15, 0.2) is 0 Å². The first kappa shape index (κ1) is 23.2. The maximum absolute atomic E-state index is 13.6. The SMILES string of the molecule is CC(=O)NC(Cc1cccc(F)c1)C(O)CNC1CCOc2ccc(C(C)(C)C)cc21. The van der Waals surface area contributed by atoms with Gasteiger partial charge in [-0.3, -0.25) is 4.79 Å². The maximum Gasteiger partial charge on any atom is 0.217 e. The van der Waals surface area contributed by atoms with E-state index in [4.69, 9.17) is 4.74 Å². The zero-order valence-corrected chi connectivity index (χ0v) is 18.7. The van der Waals surface area contributed by atoms with Crippen LogP contribution in [0.4, 0.5) is 4.39 Å². The highest BCUT2D eigenvalue weighted by molar-refractivity contribution is 5.73. The van der Waals surface area contributed by atoms with Gasteiger partial charge < -0.3 is 20.5 Å². The number of aliphatic hydroxyl groups excluding tert-OH is 1. The first-order valence-corrected chi connectivity index (χ1v) is 10.8. The van der Waals surface area contributed by atoms with Crippen LogP contribution in [0.2, 0.25) is 0 Å². The van der Waals surface area contributed by atoms with Crippen LogP contribution in [0.5, 0.6) is 5.75 Å². The van der Waals surface area contributed by atoms with E-state index in [1.165, 1.54) is 24.6 Å². The lowest BCUT2D eigenvalue weighted by molar-refractivity contribution is -0.120. The molecule has 31 heavy (non-hydrogen) atoms. The zero-order chi connectivity index (χ0) is 22.6. The molecule has 3 unspecified atom stereocenters. The molecule has 2 aromatic rings. The molecule has 1 aliphatic rings. The molecule has 0 radical (unpaired) electrons. The number of ether oxygens (including phenoxy) is 1. The number of aliphatic hydroxyl groups is 1. The third-order valence-electron chi connectivity index (χ3n) is 5.69. The summed E-state index contributed by atoms with van der Waals surface area (Å²) in [5.74, 6) is 0.302. The molecular formula is C25H33FN2O3. The van der Waals surface area contributed by atoms with Crippen molar-refractivity contribution in [1.82, 2.24) is 10.6 Å². The highest BCUT2D eigenvalue weighted by atomic mass is 19.1. The molecule has 0 aromatic heterocycles. The Labute approximate surface area is 184 Å². The lowest BCUT2D eigenvalue weighted by atomic mass is 9.84. The number of hydrogen-bond donors (Lipinski definition) is 3. The van der Waals surface area contributed by atoms with E-state index in [1.54, 1.807) is 12.1 Å². The van der Waals surface area contributed by atoms with E-state index in [-0.39, 0.29) is 23.2 Å². The van der Waals surface area contributed by atoms with Crippen LogP contribution in [-0.2, 0) is 16.6 Å². The summed E-state index contributed by atoms with van der Waals surface area (Å²) in [4.78, 5) is 11.7. The van der Waals surface area contributed by atoms with E-state index in [0.717, 1.165) is 23.3 Å². The normalized spacial score (nSPS) is 17.9. The monoisotopic (exact) mass is 428 g/mol. The van der Waals surface area contributed by atoms with E-state index >= 15 is 0 Å². The third-order valence-corrected chi connectivity index (χ3v) is 5.69. The van der Waals surface area contributed by atoms with Gasteiger partial charge in [0, 0.05) is 31.5 Å². The number of benzene rings is 2. The van der Waals surface area contributed by atoms with Crippen molar-refractivity contribution in [3.63, 3.8) is 0 Å². The molecule has 0 spiro atoms. The van der Waals surface area contributed by atoms with Crippen LogP contribution >= 0.6 is 0 Å². The van der Waals surface area contributed by atoms with Crippen molar-refractivity contribution in [2.75, 3.05) is 13.2 Å². The molecule has 3 N–H and O–H groups in total. The van der Waals surface area contributed by atoms with Gasteiger partial charge in [-0.1, -0.05) is 39.0 Å². The average molecular weight is 429 g/mol. The lowest BCUT2D eigenvalue weighted by Gasteiger charge is -2.31. The Bertz CT molecular complexity index is 910. The van der Waals surface area contributed by atoms with Crippen molar-refractivity contribution in [2.45, 2.75) is 64.1 Å². The minimum absolute atomic E-state index is 0.0258. The Kier molecular flexibility index (Phi) is 7.34. The van der Waals surface area contributed by atoms with Gasteiger partial charge in [-0.15, -0.1) is 0 Å². The standard InChI is InChI=1S/C25H33FN2O3/c1-16(29)28-22(13-17-6-5-7-19(26)12-17)23(30)15-27-21-10-11-31-24-9-8-18(14-20(21)24)25(2,3)4/h5-9,12,14,21-23,27,30H,10-11,13,15H2,1-4H3,(H,28,29). The van der Waals surface area contributed by atoms with Crippen molar-refractivity contribution in [3.05, 3.63) is 65.0 Å². The van der Waals surface area contributed by atoms with E-state index in [1.807, 2.05) is 6.07 Å². The van der Waals surface area contributed by atoms with Crippen LogP contribution in [0.25, 0.3) is 0 Å². The van der Waals surface area contributed by atoms with Crippen LogP contribution < -0.4 is 15.4 Å². The summed E-state index contributed by atoms with van der Waals surface area (Å²) in [5.41, 5.74) is 3.07. The molecule has 0 bridgehead atoms. The molecule has 3 atom stereocenters. The lowest BCUT2D eigenvalue weighted by Crippen LogP contribution is -2.48. The second kappa shape index (κ2) is 9.79. The molecule has 168 valence electrons. The molecule has 0 aliphatic carbocycles. The predicted molar refractivity (Wildman–Crippen MR) is 120 cm³/mol. The number of halogens is 1. The van der Waals surface area contributed by atoms with Crippen LogP contribution in [0.15, 0.2) is 42.5 Å². The summed E-state index contributed by atoms with van der Waals surface area (Å²) in [6.45, 7) is 8.85. The topological polar surface area (TPSA) is 70.6 Å². The number of carbonyl (C=O) groups is 1. The van der Waals surface area contributed by atoms with E-state index in [0.29, 0.717) is 19.6 Å². The molecule has 0 fully saturated rings. The van der Waals surface area contributed by atoms with E-state index in [9.17, 15) is 14.3 Å². The number of nitrogens with one attached hydrogen (secondary N) is 2. The molecule has 0 saturated heterocycles. The van der Waals surface area contributed by atoms with Crippen molar-refractivity contribution < 1.29 is 19.0 Å². The van der Waals surface area contributed by atoms with Gasteiger partial charge >= 0.3 is 0 Å². The first-order valence-electron chi connectivity index (χ1n) is 10.8. The summed E-state index contributed by atoms with van der Waals surface area (Å²) in [6, 6.07) is 12.1. The minimum atomic E-state index is -0.829. The molecule has 0 saturated carbocycles. The van der Waals surface area contributed by atoms with Gasteiger partial charge in [0.05, 0.1) is 18.8 Å². The summed E-state index contributed by atoms with van der Waals surface area (Å²) in [5, 5.41) is 17.1. The largest absolute Gasteiger partial charge is 0.493 e. The Balaban J connectivity index is 1.71. The van der Waals surface area contributed by atoms with Crippen LogP contribution in [0, 0.1) is 5.82 Å². The Morgan fingerprint density at radius 2 is 2.03 bits per heavy atom. The van der Waals surface area contributed by atoms with Gasteiger partial charge in [-0.05, 0) is 47.2 Å². The molecule has 1 amide bonds. The molecule has 3 rings (SSSR count). The average Bonchev–Trinajstić information content (AvgIpc) is 2.70. The van der Waals surface area contributed by atoms with E-state index < -0.39 is 12.1 Å². The Morgan fingerprint density at radius 1 is 1.26 bits per heavy atom. The van der Waals surface area contributed by atoms with Crippen LogP contribution in [-0.4, -0.2) is 36.3 Å².